The highest BCUT2D eigenvalue weighted by atomic mass is 16.5. The molecule has 0 radical (unpaired) electrons. The van der Waals surface area contributed by atoms with Crippen molar-refractivity contribution < 1.29 is 4.74 Å². The first-order valence-corrected chi connectivity index (χ1v) is 7.28. The van der Waals surface area contributed by atoms with E-state index in [1.165, 1.54) is 0 Å². The predicted octanol–water partition coefficient (Wildman–Crippen LogP) is 3.85. The maximum absolute atomic E-state index is 5.72. The minimum atomic E-state index is 0.507. The molecule has 0 aliphatic carbocycles. The summed E-state index contributed by atoms with van der Waals surface area (Å²) in [6.07, 6.45) is 3.72. The summed E-state index contributed by atoms with van der Waals surface area (Å²) in [6, 6.07) is 23.4. The van der Waals surface area contributed by atoms with Gasteiger partial charge in [0.05, 0.1) is 11.4 Å². The molecule has 0 saturated carbocycles. The highest BCUT2D eigenvalue weighted by molar-refractivity contribution is 5.33. The molecule has 23 heavy (non-hydrogen) atoms. The van der Waals surface area contributed by atoms with Gasteiger partial charge in [0.25, 0.3) is 0 Å². The average Bonchev–Trinajstić information content (AvgIpc) is 3.27. The number of para-hydroxylation sites is 2. The van der Waals surface area contributed by atoms with E-state index in [1.807, 2.05) is 85.2 Å². The first-order valence-electron chi connectivity index (χ1n) is 7.28. The smallest absolute Gasteiger partial charge is 0.240 e. The van der Waals surface area contributed by atoms with Crippen LogP contribution in [0.3, 0.4) is 0 Å². The van der Waals surface area contributed by atoms with Crippen LogP contribution in [0.4, 0.5) is 0 Å². The fraction of sp³-hybridized carbons (Fsp3) is 0. The van der Waals surface area contributed by atoms with Crippen LogP contribution in [0.25, 0.3) is 11.4 Å². The van der Waals surface area contributed by atoms with Gasteiger partial charge in [-0.25, -0.2) is 9.36 Å². The number of hydrogen-bond acceptors (Lipinski definition) is 3. The summed E-state index contributed by atoms with van der Waals surface area (Å²) in [6.45, 7) is 0. The van der Waals surface area contributed by atoms with E-state index in [9.17, 15) is 0 Å². The summed E-state index contributed by atoms with van der Waals surface area (Å²) in [5.74, 6) is 1.01. The van der Waals surface area contributed by atoms with Crippen molar-refractivity contribution in [2.75, 3.05) is 0 Å². The number of benzene rings is 2. The molecule has 2 aromatic heterocycles. The molecule has 0 N–H and O–H groups in total. The normalized spacial score (nSPS) is 10.6. The van der Waals surface area contributed by atoms with Gasteiger partial charge in [-0.2, -0.15) is 0 Å². The van der Waals surface area contributed by atoms with Crippen LogP contribution in [0.5, 0.6) is 11.8 Å². The fourth-order valence-electron chi connectivity index (χ4n) is 2.28. The Labute approximate surface area is 133 Å². The Kier molecular flexibility index (Phi) is 3.37. The van der Waals surface area contributed by atoms with Gasteiger partial charge in [-0.1, -0.05) is 36.4 Å². The maximum Gasteiger partial charge on any atom is 0.240 e. The van der Waals surface area contributed by atoms with Crippen molar-refractivity contribution in [1.29, 1.82) is 0 Å². The molecule has 2 aromatic carbocycles. The van der Waals surface area contributed by atoms with Crippen molar-refractivity contribution in [1.82, 2.24) is 19.6 Å². The van der Waals surface area contributed by atoms with E-state index < -0.39 is 0 Å². The van der Waals surface area contributed by atoms with Gasteiger partial charge in [-0.3, -0.25) is 0 Å². The van der Waals surface area contributed by atoms with Gasteiger partial charge in [0.15, 0.2) is 0 Å². The quantitative estimate of drug-likeness (QED) is 0.575. The minimum absolute atomic E-state index is 0.507. The predicted molar refractivity (Wildman–Crippen MR) is 87.2 cm³/mol. The van der Waals surface area contributed by atoms with Crippen molar-refractivity contribution in [3.05, 3.63) is 85.2 Å². The Balaban J connectivity index is 1.53. The second kappa shape index (κ2) is 5.81. The van der Waals surface area contributed by atoms with Crippen molar-refractivity contribution in [3.8, 4) is 23.1 Å². The van der Waals surface area contributed by atoms with E-state index in [0.29, 0.717) is 11.8 Å². The van der Waals surface area contributed by atoms with E-state index in [2.05, 4.69) is 10.2 Å². The molecule has 2 heterocycles. The van der Waals surface area contributed by atoms with E-state index >= 15 is 0 Å². The number of rotatable bonds is 4. The molecule has 0 aliphatic rings. The summed E-state index contributed by atoms with van der Waals surface area (Å²) < 4.78 is 9.25. The van der Waals surface area contributed by atoms with Gasteiger partial charge in [0, 0.05) is 24.5 Å². The number of nitrogens with zero attached hydrogens (tertiary/aromatic N) is 4. The van der Waals surface area contributed by atoms with Crippen LogP contribution in [0, 0.1) is 0 Å². The van der Waals surface area contributed by atoms with Crippen molar-refractivity contribution >= 4 is 0 Å². The third-order valence-corrected chi connectivity index (χ3v) is 3.38. The fourth-order valence-corrected chi connectivity index (χ4v) is 2.28. The highest BCUT2D eigenvalue weighted by Gasteiger charge is 2.06. The van der Waals surface area contributed by atoms with Crippen LogP contribution in [-0.2, 0) is 0 Å². The van der Waals surface area contributed by atoms with Crippen molar-refractivity contribution in [3.63, 3.8) is 0 Å². The van der Waals surface area contributed by atoms with E-state index in [-0.39, 0.29) is 0 Å². The van der Waals surface area contributed by atoms with Crippen LogP contribution in [0.2, 0.25) is 0 Å². The number of hydrogen-bond donors (Lipinski definition) is 0. The lowest BCUT2D eigenvalue weighted by atomic mass is 10.3. The van der Waals surface area contributed by atoms with Crippen LogP contribution in [0.1, 0.15) is 0 Å². The molecule has 0 aliphatic heterocycles. The molecule has 0 fully saturated rings. The Bertz CT molecular complexity index is 821. The number of aromatic nitrogens is 4. The summed E-state index contributed by atoms with van der Waals surface area (Å²) >= 11 is 0. The largest absolute Gasteiger partial charge is 0.417 e. The second-order valence-electron chi connectivity index (χ2n) is 4.97. The molecule has 0 unspecified atom stereocenters. The van der Waals surface area contributed by atoms with Crippen LogP contribution >= 0.6 is 0 Å². The monoisotopic (exact) mass is 302 g/mol. The van der Waals surface area contributed by atoms with Crippen molar-refractivity contribution in [2.45, 2.75) is 0 Å². The standard InChI is InChI=1S/C18H14N4O/c1-3-7-15(8-4-1)21-13-11-17(19-21)23-18-12-14-22(20-18)16-9-5-2-6-10-16/h1-14H. The Hall–Kier alpha value is -3.34. The van der Waals surface area contributed by atoms with Gasteiger partial charge >= 0.3 is 0 Å². The molecular weight excluding hydrogens is 288 g/mol. The molecule has 0 saturated heterocycles. The zero-order valence-corrected chi connectivity index (χ0v) is 12.3. The summed E-state index contributed by atoms with van der Waals surface area (Å²) in [7, 11) is 0. The lowest BCUT2D eigenvalue weighted by Gasteiger charge is -2.01. The third kappa shape index (κ3) is 2.85. The summed E-state index contributed by atoms with van der Waals surface area (Å²) in [4.78, 5) is 0. The highest BCUT2D eigenvalue weighted by Crippen LogP contribution is 2.19. The maximum atomic E-state index is 5.72. The van der Waals surface area contributed by atoms with Gasteiger partial charge < -0.3 is 4.74 Å². The first kappa shape index (κ1) is 13.3. The van der Waals surface area contributed by atoms with Gasteiger partial charge in [0.2, 0.25) is 11.8 Å². The molecule has 4 rings (SSSR count). The van der Waals surface area contributed by atoms with E-state index in [0.717, 1.165) is 11.4 Å². The van der Waals surface area contributed by atoms with Gasteiger partial charge in [-0.05, 0) is 24.3 Å². The lowest BCUT2D eigenvalue weighted by Crippen LogP contribution is -1.96. The molecule has 5 heteroatoms. The van der Waals surface area contributed by atoms with E-state index in [1.54, 1.807) is 9.36 Å². The Morgan fingerprint density at radius 2 is 1.00 bits per heavy atom. The average molecular weight is 302 g/mol. The Morgan fingerprint density at radius 1 is 0.565 bits per heavy atom. The minimum Gasteiger partial charge on any atom is -0.417 e. The molecular formula is C18H14N4O. The zero-order valence-electron chi connectivity index (χ0n) is 12.3. The molecule has 4 aromatic rings. The van der Waals surface area contributed by atoms with Crippen LogP contribution in [0.15, 0.2) is 85.2 Å². The summed E-state index contributed by atoms with van der Waals surface area (Å²) in [5.41, 5.74) is 1.97. The van der Waals surface area contributed by atoms with Crippen LogP contribution in [-0.4, -0.2) is 19.6 Å². The third-order valence-electron chi connectivity index (χ3n) is 3.38. The van der Waals surface area contributed by atoms with Crippen LogP contribution < -0.4 is 4.74 Å². The summed E-state index contributed by atoms with van der Waals surface area (Å²) in [5, 5.41) is 8.81. The molecule has 5 nitrogen and oxygen atoms in total. The zero-order chi connectivity index (χ0) is 15.5. The molecule has 0 bridgehead atoms. The Morgan fingerprint density at radius 3 is 1.43 bits per heavy atom. The molecule has 112 valence electrons. The molecule has 0 amide bonds. The SMILES string of the molecule is c1ccc(-n2ccc(Oc3ccn(-c4ccccc4)n3)n2)cc1. The van der Waals surface area contributed by atoms with Gasteiger partial charge in [0.1, 0.15) is 0 Å². The molecule has 0 atom stereocenters. The molecule has 0 spiro atoms. The second-order valence-corrected chi connectivity index (χ2v) is 4.97. The van der Waals surface area contributed by atoms with Gasteiger partial charge in [-0.15, -0.1) is 10.2 Å². The number of ether oxygens (including phenoxy) is 1. The topological polar surface area (TPSA) is 44.9 Å². The van der Waals surface area contributed by atoms with Crippen molar-refractivity contribution in [2.24, 2.45) is 0 Å². The van der Waals surface area contributed by atoms with E-state index in [4.69, 9.17) is 4.74 Å². The first-order chi connectivity index (χ1) is 11.4. The lowest BCUT2D eigenvalue weighted by molar-refractivity contribution is 0.435.